The molecule has 5 heteroatoms. The number of thioether (sulfide) groups is 1. The zero-order valence-electron chi connectivity index (χ0n) is 15.7. The van der Waals surface area contributed by atoms with Crippen LogP contribution in [0.1, 0.15) is 31.1 Å². The highest BCUT2D eigenvalue weighted by Gasteiger charge is 2.42. The van der Waals surface area contributed by atoms with Gasteiger partial charge in [-0.3, -0.25) is 4.79 Å². The predicted octanol–water partition coefficient (Wildman–Crippen LogP) is 5.16. The molecule has 0 bridgehead atoms. The van der Waals surface area contributed by atoms with Crippen molar-refractivity contribution < 1.29 is 14.6 Å². The Hall–Kier alpha value is -2.40. The Morgan fingerprint density at radius 3 is 2.78 bits per heavy atom. The van der Waals surface area contributed by atoms with Gasteiger partial charge in [0.15, 0.2) is 11.5 Å². The van der Waals surface area contributed by atoms with Crippen LogP contribution in [0.5, 0.6) is 11.5 Å². The summed E-state index contributed by atoms with van der Waals surface area (Å²) in [5.74, 6) is 0.505. The molecule has 140 valence electrons. The normalized spacial score (nSPS) is 23.4. The molecule has 0 fully saturated rings. The van der Waals surface area contributed by atoms with Gasteiger partial charge in [-0.2, -0.15) is 0 Å². The Balaban J connectivity index is 1.88. The van der Waals surface area contributed by atoms with Gasteiger partial charge in [-0.1, -0.05) is 38.1 Å². The summed E-state index contributed by atoms with van der Waals surface area (Å²) in [6.07, 6.45) is 2.72. The van der Waals surface area contributed by atoms with Crippen LogP contribution in [0.2, 0.25) is 0 Å². The number of phenolic OH excluding ortho intramolecular Hbond substituents is 1. The molecule has 0 saturated carbocycles. The maximum atomic E-state index is 13.2. The van der Waals surface area contributed by atoms with Crippen LogP contribution in [0.4, 0.5) is 5.69 Å². The fourth-order valence-electron chi connectivity index (χ4n) is 3.90. The van der Waals surface area contributed by atoms with E-state index in [4.69, 9.17) is 4.74 Å². The second kappa shape index (κ2) is 6.64. The number of hydrogen-bond donors (Lipinski definition) is 2. The third-order valence-electron chi connectivity index (χ3n) is 5.11. The number of methoxy groups -OCH3 is 1. The Morgan fingerprint density at radius 1 is 1.22 bits per heavy atom. The summed E-state index contributed by atoms with van der Waals surface area (Å²) in [7, 11) is 1.54. The quantitative estimate of drug-likeness (QED) is 0.753. The topological polar surface area (TPSA) is 58.6 Å². The van der Waals surface area contributed by atoms with Gasteiger partial charge in [-0.05, 0) is 35.2 Å². The molecule has 0 aromatic heterocycles. The van der Waals surface area contributed by atoms with E-state index in [0.29, 0.717) is 12.2 Å². The van der Waals surface area contributed by atoms with E-state index in [-0.39, 0.29) is 28.1 Å². The summed E-state index contributed by atoms with van der Waals surface area (Å²) in [5, 5.41) is 13.4. The summed E-state index contributed by atoms with van der Waals surface area (Å²) < 4.78 is 5.30. The lowest BCUT2D eigenvalue weighted by Gasteiger charge is -2.35. The first kappa shape index (κ1) is 18.0. The molecule has 2 atom stereocenters. The summed E-state index contributed by atoms with van der Waals surface area (Å²) in [4.78, 5) is 14.3. The van der Waals surface area contributed by atoms with Gasteiger partial charge >= 0.3 is 0 Å². The third kappa shape index (κ3) is 3.32. The minimum Gasteiger partial charge on any atom is -0.504 e. The molecule has 2 aliphatic rings. The van der Waals surface area contributed by atoms with E-state index in [9.17, 15) is 9.90 Å². The standard InChI is InChI=1S/C22H23NO3S/c1-22(2)11-15-20(17(25)12-22)21(13-8-9-16(24)18(10-13)26-3)27-19-7-5-4-6-14(19)23-15/h4-11,20-21,23-24H,12H2,1-3H3/t20-,21-/m1/s1. The SMILES string of the molecule is COc1cc([C@H]2Sc3ccccc3NC3=CC(C)(C)CC(=O)[C@@H]32)ccc1O. The van der Waals surface area contributed by atoms with E-state index in [1.54, 1.807) is 17.8 Å². The van der Waals surface area contributed by atoms with Crippen LogP contribution in [0, 0.1) is 11.3 Å². The van der Waals surface area contributed by atoms with Crippen LogP contribution in [0.15, 0.2) is 59.1 Å². The molecular formula is C22H23NO3S. The van der Waals surface area contributed by atoms with E-state index < -0.39 is 0 Å². The number of ether oxygens (including phenoxy) is 1. The highest BCUT2D eigenvalue weighted by Crippen LogP contribution is 2.53. The fourth-order valence-corrected chi connectivity index (χ4v) is 5.30. The van der Waals surface area contributed by atoms with Crippen molar-refractivity contribution in [2.24, 2.45) is 11.3 Å². The number of hydrogen-bond acceptors (Lipinski definition) is 5. The van der Waals surface area contributed by atoms with Crippen molar-refractivity contribution >= 4 is 23.2 Å². The zero-order chi connectivity index (χ0) is 19.2. The van der Waals surface area contributed by atoms with E-state index in [1.165, 1.54) is 7.11 Å². The average Bonchev–Trinajstić information content (AvgIpc) is 2.77. The highest BCUT2D eigenvalue weighted by atomic mass is 32.2. The second-order valence-electron chi connectivity index (χ2n) is 7.80. The molecule has 2 aromatic carbocycles. The van der Waals surface area contributed by atoms with Crippen molar-refractivity contribution in [1.29, 1.82) is 0 Å². The maximum absolute atomic E-state index is 13.2. The molecular weight excluding hydrogens is 358 g/mol. The molecule has 0 saturated heterocycles. The minimum absolute atomic E-state index is 0.0921. The summed E-state index contributed by atoms with van der Waals surface area (Å²) in [6.45, 7) is 4.19. The van der Waals surface area contributed by atoms with Crippen molar-refractivity contribution in [1.82, 2.24) is 0 Å². The average molecular weight is 381 g/mol. The van der Waals surface area contributed by atoms with Gasteiger partial charge in [-0.15, -0.1) is 11.8 Å². The van der Waals surface area contributed by atoms with Gasteiger partial charge in [0.05, 0.1) is 18.7 Å². The molecule has 0 unspecified atom stereocenters. The van der Waals surface area contributed by atoms with Crippen molar-refractivity contribution in [2.45, 2.75) is 30.4 Å². The Kier molecular flexibility index (Phi) is 4.42. The highest BCUT2D eigenvalue weighted by molar-refractivity contribution is 7.99. The van der Waals surface area contributed by atoms with Gasteiger partial charge < -0.3 is 15.2 Å². The van der Waals surface area contributed by atoms with Crippen LogP contribution >= 0.6 is 11.8 Å². The van der Waals surface area contributed by atoms with Gasteiger partial charge in [0, 0.05) is 22.3 Å². The molecule has 0 radical (unpaired) electrons. The lowest BCUT2D eigenvalue weighted by atomic mass is 9.74. The molecule has 1 aliphatic heterocycles. The molecule has 0 amide bonds. The Morgan fingerprint density at radius 2 is 2.00 bits per heavy atom. The number of benzene rings is 2. The van der Waals surface area contributed by atoms with Gasteiger partial charge in [0.1, 0.15) is 5.78 Å². The van der Waals surface area contributed by atoms with E-state index in [2.05, 4.69) is 31.3 Å². The Labute approximate surface area is 163 Å². The monoisotopic (exact) mass is 381 g/mol. The van der Waals surface area contributed by atoms with Crippen LogP contribution in [-0.4, -0.2) is 18.0 Å². The summed E-state index contributed by atoms with van der Waals surface area (Å²) in [6, 6.07) is 13.5. The third-order valence-corrected chi connectivity index (χ3v) is 6.52. The number of allylic oxidation sites excluding steroid dienone is 2. The van der Waals surface area contributed by atoms with Crippen molar-refractivity contribution in [3.05, 3.63) is 59.8 Å². The fraction of sp³-hybridized carbons (Fsp3) is 0.318. The molecule has 1 heterocycles. The van der Waals surface area contributed by atoms with E-state index >= 15 is 0 Å². The lowest BCUT2D eigenvalue weighted by Crippen LogP contribution is -2.34. The van der Waals surface area contributed by atoms with Gasteiger partial charge in [0.2, 0.25) is 0 Å². The molecule has 27 heavy (non-hydrogen) atoms. The first-order valence-corrected chi connectivity index (χ1v) is 9.91. The molecule has 2 N–H and O–H groups in total. The second-order valence-corrected chi connectivity index (χ2v) is 8.98. The van der Waals surface area contributed by atoms with Gasteiger partial charge in [0.25, 0.3) is 0 Å². The first-order chi connectivity index (χ1) is 12.9. The van der Waals surface area contributed by atoms with Gasteiger partial charge in [-0.25, -0.2) is 0 Å². The van der Waals surface area contributed by atoms with Crippen molar-refractivity contribution in [2.75, 3.05) is 12.4 Å². The van der Waals surface area contributed by atoms with Crippen molar-refractivity contribution in [3.8, 4) is 11.5 Å². The Bertz CT molecular complexity index is 935. The molecule has 2 aromatic rings. The minimum atomic E-state index is -0.260. The molecule has 4 rings (SSSR count). The number of carbonyl (C=O) groups excluding carboxylic acids is 1. The number of ketones is 1. The molecule has 4 nitrogen and oxygen atoms in total. The number of rotatable bonds is 2. The molecule has 1 aliphatic carbocycles. The number of aromatic hydroxyl groups is 1. The number of para-hydroxylation sites is 1. The van der Waals surface area contributed by atoms with E-state index in [1.807, 2.05) is 30.3 Å². The first-order valence-electron chi connectivity index (χ1n) is 9.03. The smallest absolute Gasteiger partial charge is 0.160 e. The van der Waals surface area contributed by atoms with E-state index in [0.717, 1.165) is 21.8 Å². The number of anilines is 1. The largest absolute Gasteiger partial charge is 0.504 e. The number of fused-ring (bicyclic) bond motifs is 2. The van der Waals surface area contributed by atoms with Crippen LogP contribution in [0.3, 0.4) is 0 Å². The predicted molar refractivity (Wildman–Crippen MR) is 108 cm³/mol. The number of carbonyl (C=O) groups is 1. The van der Waals surface area contributed by atoms with Crippen LogP contribution < -0.4 is 10.1 Å². The van der Waals surface area contributed by atoms with Crippen LogP contribution in [0.25, 0.3) is 0 Å². The molecule has 0 spiro atoms. The summed E-state index contributed by atoms with van der Waals surface area (Å²) in [5.41, 5.74) is 2.79. The number of Topliss-reactive ketones (excluding diaryl/α,β-unsaturated/α-hetero) is 1. The maximum Gasteiger partial charge on any atom is 0.160 e. The zero-order valence-corrected chi connectivity index (χ0v) is 16.5. The lowest BCUT2D eigenvalue weighted by molar-refractivity contribution is -0.123. The van der Waals surface area contributed by atoms with Crippen molar-refractivity contribution in [3.63, 3.8) is 0 Å². The summed E-state index contributed by atoms with van der Waals surface area (Å²) >= 11 is 1.68. The number of phenols is 1. The van der Waals surface area contributed by atoms with Crippen LogP contribution in [-0.2, 0) is 4.79 Å². The number of nitrogens with one attached hydrogen (secondary N) is 1.